The molecule has 0 spiro atoms. The van der Waals surface area contributed by atoms with E-state index in [0.717, 1.165) is 21.4 Å². The molecule has 0 aromatic heterocycles. The fourth-order valence-electron chi connectivity index (χ4n) is 2.74. The summed E-state index contributed by atoms with van der Waals surface area (Å²) in [5.74, 6) is 1.34. The number of fused-ring (bicyclic) bond motifs is 1. The molecule has 0 saturated carbocycles. The van der Waals surface area contributed by atoms with E-state index in [9.17, 15) is 4.21 Å². The summed E-state index contributed by atoms with van der Waals surface area (Å²) in [6, 6.07) is 22.1. The highest BCUT2D eigenvalue weighted by Crippen LogP contribution is 2.19. The van der Waals surface area contributed by atoms with Gasteiger partial charge < -0.3 is 4.74 Å². The molecular weight excluding hydrogens is 342 g/mol. The van der Waals surface area contributed by atoms with Gasteiger partial charge in [-0.15, -0.1) is 0 Å². The van der Waals surface area contributed by atoms with Gasteiger partial charge in [0.25, 0.3) is 0 Å². The Morgan fingerprint density at radius 3 is 2.31 bits per heavy atom. The highest BCUT2D eigenvalue weighted by molar-refractivity contribution is 7.83. The predicted octanol–water partition coefficient (Wildman–Crippen LogP) is 5.04. The summed E-state index contributed by atoms with van der Waals surface area (Å²) in [6.07, 6.45) is 0. The van der Waals surface area contributed by atoms with Crippen molar-refractivity contribution in [1.29, 1.82) is 0 Å². The molecule has 0 heterocycles. The molecule has 2 atom stereocenters. The number of rotatable bonds is 7. The summed E-state index contributed by atoms with van der Waals surface area (Å²) in [7, 11) is -1.27. The molecule has 0 bridgehead atoms. The van der Waals surface area contributed by atoms with Gasteiger partial charge in [0.15, 0.2) is 0 Å². The molecule has 3 aromatic rings. The number of hydrogen-bond acceptors (Lipinski definition) is 2. The van der Waals surface area contributed by atoms with E-state index in [0.29, 0.717) is 12.5 Å². The molecule has 3 aromatic carbocycles. The maximum atomic E-state index is 12.6. The lowest BCUT2D eigenvalue weighted by atomic mass is 10.0. The van der Waals surface area contributed by atoms with Gasteiger partial charge in [-0.05, 0) is 53.4 Å². The molecule has 4 heteroatoms. The van der Waals surface area contributed by atoms with E-state index >= 15 is 0 Å². The summed E-state index contributed by atoms with van der Waals surface area (Å²) in [5, 5.41) is 2.24. The number of nitrogens with one attached hydrogen (secondary N) is 1. The molecule has 0 aliphatic heterocycles. The van der Waals surface area contributed by atoms with Crippen LogP contribution in [0.4, 0.5) is 0 Å². The Morgan fingerprint density at radius 1 is 0.923 bits per heavy atom. The van der Waals surface area contributed by atoms with E-state index in [1.807, 2.05) is 55.5 Å². The summed E-state index contributed by atoms with van der Waals surface area (Å²) in [4.78, 5) is 0.775. The van der Waals surface area contributed by atoms with Crippen LogP contribution in [0.2, 0.25) is 0 Å². The van der Waals surface area contributed by atoms with Crippen molar-refractivity contribution in [3.05, 3.63) is 72.3 Å². The molecule has 0 saturated heterocycles. The normalized spacial score (nSPS) is 13.7. The largest absolute Gasteiger partial charge is 0.492 e. The minimum atomic E-state index is -1.27. The molecule has 1 N–H and O–H groups in total. The second-order valence-electron chi connectivity index (χ2n) is 6.83. The quantitative estimate of drug-likeness (QED) is 0.635. The van der Waals surface area contributed by atoms with Crippen molar-refractivity contribution >= 4 is 21.8 Å². The molecule has 0 aliphatic rings. The van der Waals surface area contributed by atoms with Crippen molar-refractivity contribution in [2.45, 2.75) is 37.6 Å². The number of benzene rings is 3. The maximum absolute atomic E-state index is 12.6. The fourth-order valence-corrected chi connectivity index (χ4v) is 3.73. The minimum Gasteiger partial charge on any atom is -0.492 e. The second kappa shape index (κ2) is 8.47. The Balaban J connectivity index is 1.56. The van der Waals surface area contributed by atoms with Gasteiger partial charge in [0.05, 0.1) is 10.9 Å². The first kappa shape index (κ1) is 18.6. The van der Waals surface area contributed by atoms with Gasteiger partial charge in [-0.3, -0.25) is 0 Å². The zero-order valence-electron chi connectivity index (χ0n) is 15.4. The Hall–Kier alpha value is -2.17. The second-order valence-corrected chi connectivity index (χ2v) is 8.08. The van der Waals surface area contributed by atoms with E-state index in [1.165, 1.54) is 5.56 Å². The van der Waals surface area contributed by atoms with Gasteiger partial charge >= 0.3 is 0 Å². The lowest BCUT2D eigenvalue weighted by Crippen LogP contribution is -2.33. The molecule has 3 rings (SSSR count). The number of hydrogen-bond donors (Lipinski definition) is 1. The Kier molecular flexibility index (Phi) is 6.07. The first-order valence-corrected chi connectivity index (χ1v) is 10.1. The zero-order valence-corrected chi connectivity index (χ0v) is 16.3. The highest BCUT2D eigenvalue weighted by atomic mass is 32.2. The molecule has 0 fully saturated rings. The van der Waals surface area contributed by atoms with Gasteiger partial charge in [-0.2, -0.15) is 0 Å². The molecular formula is C22H25NO2S. The average molecular weight is 368 g/mol. The van der Waals surface area contributed by atoms with Gasteiger partial charge in [0, 0.05) is 0 Å². The third-order valence-electron chi connectivity index (χ3n) is 4.29. The molecule has 3 nitrogen and oxygen atoms in total. The van der Waals surface area contributed by atoms with Gasteiger partial charge in [-0.1, -0.05) is 56.3 Å². The third kappa shape index (κ3) is 4.71. The molecule has 0 aliphatic carbocycles. The van der Waals surface area contributed by atoms with Crippen LogP contribution in [0.15, 0.2) is 71.6 Å². The summed E-state index contributed by atoms with van der Waals surface area (Å²) < 4.78 is 21.5. The van der Waals surface area contributed by atoms with Crippen LogP contribution in [0.1, 0.15) is 32.3 Å². The van der Waals surface area contributed by atoms with Crippen LogP contribution in [-0.2, 0) is 11.0 Å². The lowest BCUT2D eigenvalue weighted by Gasteiger charge is -2.15. The van der Waals surface area contributed by atoms with E-state index in [1.54, 1.807) is 0 Å². The topological polar surface area (TPSA) is 38.3 Å². The van der Waals surface area contributed by atoms with E-state index in [-0.39, 0.29) is 6.04 Å². The standard InChI is InChI=1S/C22H25NO2S/c1-16(2)18-8-11-21(12-9-18)25-15-17(3)23-26(24)22-13-10-19-6-4-5-7-20(19)14-22/h4-14,16-17,23H,15H2,1-3H3. The SMILES string of the molecule is CC(COc1ccc(C(C)C)cc1)NS(=O)c1ccc2ccccc2c1. The first-order chi connectivity index (χ1) is 12.5. The third-order valence-corrected chi connectivity index (χ3v) is 5.59. The van der Waals surface area contributed by atoms with E-state index in [4.69, 9.17) is 4.74 Å². The van der Waals surface area contributed by atoms with Crippen LogP contribution < -0.4 is 9.46 Å². The molecule has 136 valence electrons. The van der Waals surface area contributed by atoms with Crippen LogP contribution in [0.3, 0.4) is 0 Å². The van der Waals surface area contributed by atoms with Crippen LogP contribution in [-0.4, -0.2) is 16.9 Å². The Morgan fingerprint density at radius 2 is 1.62 bits per heavy atom. The van der Waals surface area contributed by atoms with Crippen molar-refractivity contribution in [3.8, 4) is 5.75 Å². The van der Waals surface area contributed by atoms with E-state index < -0.39 is 11.0 Å². The minimum absolute atomic E-state index is 0.0351. The van der Waals surface area contributed by atoms with Crippen molar-refractivity contribution in [1.82, 2.24) is 4.72 Å². The Bertz CT molecular complexity index is 890. The zero-order chi connectivity index (χ0) is 18.5. The van der Waals surface area contributed by atoms with Gasteiger partial charge in [-0.25, -0.2) is 8.93 Å². The molecule has 0 radical (unpaired) electrons. The smallest absolute Gasteiger partial charge is 0.125 e. The van der Waals surface area contributed by atoms with Crippen molar-refractivity contribution in [2.24, 2.45) is 0 Å². The highest BCUT2D eigenvalue weighted by Gasteiger charge is 2.10. The van der Waals surface area contributed by atoms with Gasteiger partial charge in [0.2, 0.25) is 0 Å². The monoisotopic (exact) mass is 367 g/mol. The van der Waals surface area contributed by atoms with Crippen molar-refractivity contribution in [3.63, 3.8) is 0 Å². The first-order valence-electron chi connectivity index (χ1n) is 8.92. The maximum Gasteiger partial charge on any atom is 0.125 e. The van der Waals surface area contributed by atoms with Crippen molar-refractivity contribution < 1.29 is 8.95 Å². The predicted molar refractivity (Wildman–Crippen MR) is 109 cm³/mol. The van der Waals surface area contributed by atoms with Crippen LogP contribution in [0, 0.1) is 0 Å². The van der Waals surface area contributed by atoms with Crippen LogP contribution in [0.25, 0.3) is 10.8 Å². The Labute approximate surface area is 158 Å². The summed E-state index contributed by atoms with van der Waals surface area (Å²) in [5.41, 5.74) is 1.29. The summed E-state index contributed by atoms with van der Waals surface area (Å²) >= 11 is 0. The van der Waals surface area contributed by atoms with Gasteiger partial charge in [0.1, 0.15) is 23.3 Å². The van der Waals surface area contributed by atoms with E-state index in [2.05, 4.69) is 36.8 Å². The average Bonchev–Trinajstić information content (AvgIpc) is 2.66. The molecule has 0 amide bonds. The lowest BCUT2D eigenvalue weighted by molar-refractivity contribution is 0.289. The fraction of sp³-hybridized carbons (Fsp3) is 0.273. The van der Waals surface area contributed by atoms with Crippen molar-refractivity contribution in [2.75, 3.05) is 6.61 Å². The molecule has 26 heavy (non-hydrogen) atoms. The van der Waals surface area contributed by atoms with Crippen LogP contribution in [0.5, 0.6) is 5.75 Å². The van der Waals surface area contributed by atoms with Crippen LogP contribution >= 0.6 is 0 Å². The number of ether oxygens (including phenoxy) is 1. The summed E-state index contributed by atoms with van der Waals surface area (Å²) in [6.45, 7) is 6.77. The molecule has 2 unspecified atom stereocenters.